The molecule has 6 heteroatoms. The fourth-order valence-corrected chi connectivity index (χ4v) is 4.89. The van der Waals surface area contributed by atoms with E-state index in [-0.39, 0.29) is 11.8 Å². The van der Waals surface area contributed by atoms with Crippen molar-refractivity contribution in [2.75, 3.05) is 14.1 Å². The number of benzene rings is 1. The van der Waals surface area contributed by atoms with Crippen LogP contribution >= 0.6 is 0 Å². The number of nitrogens with zero attached hydrogens (tertiary/aromatic N) is 2. The van der Waals surface area contributed by atoms with Crippen molar-refractivity contribution in [2.45, 2.75) is 40.0 Å². The molecule has 0 heterocycles. The minimum atomic E-state index is -2.10. The van der Waals surface area contributed by atoms with Crippen LogP contribution in [0.3, 0.4) is 0 Å². The lowest BCUT2D eigenvalue weighted by Gasteiger charge is -2.27. The van der Waals surface area contributed by atoms with Crippen LogP contribution in [0.1, 0.15) is 25.0 Å². The predicted molar refractivity (Wildman–Crippen MR) is 112 cm³/mol. The molecule has 138 valence electrons. The third kappa shape index (κ3) is 5.91. The van der Waals surface area contributed by atoms with Crippen molar-refractivity contribution in [2.24, 2.45) is 0 Å². The van der Waals surface area contributed by atoms with Crippen molar-refractivity contribution in [3.05, 3.63) is 35.4 Å². The van der Waals surface area contributed by atoms with E-state index < -0.39 is 16.5 Å². The molecule has 1 aromatic rings. The van der Waals surface area contributed by atoms with Crippen LogP contribution in [-0.2, 0) is 9.59 Å². The van der Waals surface area contributed by atoms with E-state index in [0.29, 0.717) is 0 Å². The summed E-state index contributed by atoms with van der Waals surface area (Å²) in [6.45, 7) is 11.3. The third-order valence-electron chi connectivity index (χ3n) is 4.51. The molecule has 26 heavy (non-hydrogen) atoms. The van der Waals surface area contributed by atoms with Crippen molar-refractivity contribution in [1.82, 2.24) is 9.13 Å². The fraction of sp³-hybridized carbons (Fsp3) is 0.400. The number of hydrogen-bond donors (Lipinski definition) is 0. The van der Waals surface area contributed by atoms with Gasteiger partial charge in [-0.25, -0.2) is 0 Å². The number of hydrogen-bond acceptors (Lipinski definition) is 2. The first-order chi connectivity index (χ1) is 11.9. The monoisotopic (exact) mass is 384 g/mol. The smallest absolute Gasteiger partial charge is 0.234 e. The van der Waals surface area contributed by atoms with Gasteiger partial charge in [0.05, 0.1) is 0 Å². The number of carbonyl (C=O) groups excluding carboxylic acids is 2. The normalized spacial score (nSPS) is 10.8. The topological polar surface area (TPSA) is 40.6 Å². The van der Waals surface area contributed by atoms with Crippen LogP contribution in [0.5, 0.6) is 0 Å². The summed E-state index contributed by atoms with van der Waals surface area (Å²) >= 11 is 0. The molecule has 0 bridgehead atoms. The highest BCUT2D eigenvalue weighted by atomic mass is 28.3. The molecule has 2 amide bonds. The highest BCUT2D eigenvalue weighted by Gasteiger charge is 2.27. The standard InChI is InChI=1S/C20H28N2O2Si2/c1-17(23)21(3)25(5,6)14-12-19-10-9-11-20(16-19)13-15-26(7,8)22(4)18(2)24/h9-11,16H,1-8H3. The van der Waals surface area contributed by atoms with Crippen LogP contribution in [0.15, 0.2) is 24.3 Å². The average Bonchev–Trinajstić information content (AvgIpc) is 2.57. The second-order valence-corrected chi connectivity index (χ2v) is 15.4. The van der Waals surface area contributed by atoms with E-state index in [9.17, 15) is 9.59 Å². The Morgan fingerprint density at radius 3 is 1.46 bits per heavy atom. The lowest BCUT2D eigenvalue weighted by atomic mass is 10.1. The predicted octanol–water partition coefficient (Wildman–Crippen LogP) is 2.83. The van der Waals surface area contributed by atoms with Gasteiger partial charge in [0.2, 0.25) is 28.3 Å². The molecule has 0 spiro atoms. The van der Waals surface area contributed by atoms with E-state index in [1.807, 2.05) is 38.4 Å². The summed E-state index contributed by atoms with van der Waals surface area (Å²) in [7, 11) is -0.575. The van der Waals surface area contributed by atoms with Crippen molar-refractivity contribution >= 4 is 28.3 Å². The molecule has 0 aliphatic heterocycles. The second kappa shape index (κ2) is 8.40. The Kier molecular flexibility index (Phi) is 7.03. The van der Waals surface area contributed by atoms with Crippen LogP contribution < -0.4 is 0 Å². The molecular weight excluding hydrogens is 356 g/mol. The van der Waals surface area contributed by atoms with E-state index in [4.69, 9.17) is 0 Å². The van der Waals surface area contributed by atoms with Gasteiger partial charge in [0.1, 0.15) is 0 Å². The minimum Gasteiger partial charge on any atom is -0.361 e. The number of amides is 2. The molecule has 0 fully saturated rings. The van der Waals surface area contributed by atoms with E-state index in [1.54, 1.807) is 23.0 Å². The highest BCUT2D eigenvalue weighted by molar-refractivity contribution is 6.84. The lowest BCUT2D eigenvalue weighted by molar-refractivity contribution is -0.124. The van der Waals surface area contributed by atoms with E-state index >= 15 is 0 Å². The van der Waals surface area contributed by atoms with Gasteiger partial charge in [0.25, 0.3) is 0 Å². The summed E-state index contributed by atoms with van der Waals surface area (Å²) < 4.78 is 3.52. The van der Waals surface area contributed by atoms with Gasteiger partial charge in [-0.2, -0.15) is 0 Å². The molecule has 0 saturated carbocycles. The van der Waals surface area contributed by atoms with Crippen molar-refractivity contribution in [1.29, 1.82) is 0 Å². The Hall–Kier alpha value is -2.29. The van der Waals surface area contributed by atoms with Crippen LogP contribution in [0.25, 0.3) is 0 Å². The van der Waals surface area contributed by atoms with Gasteiger partial charge in [0, 0.05) is 39.1 Å². The molecule has 0 saturated heterocycles. The molecule has 0 unspecified atom stereocenters. The lowest BCUT2D eigenvalue weighted by Crippen LogP contribution is -2.47. The quantitative estimate of drug-likeness (QED) is 0.581. The van der Waals surface area contributed by atoms with Gasteiger partial charge in [-0.15, -0.1) is 11.1 Å². The van der Waals surface area contributed by atoms with Gasteiger partial charge < -0.3 is 9.13 Å². The Labute approximate surface area is 159 Å². The van der Waals surface area contributed by atoms with Crippen LogP contribution in [0.2, 0.25) is 26.2 Å². The Morgan fingerprint density at radius 2 is 1.15 bits per heavy atom. The first-order valence-electron chi connectivity index (χ1n) is 8.52. The summed E-state index contributed by atoms with van der Waals surface area (Å²) in [6, 6.07) is 7.78. The molecule has 4 nitrogen and oxygen atoms in total. The maximum absolute atomic E-state index is 11.6. The summed E-state index contributed by atoms with van der Waals surface area (Å²) in [5, 5.41) is 0. The molecule has 0 N–H and O–H groups in total. The number of rotatable bonds is 2. The maximum Gasteiger partial charge on any atom is 0.234 e. The van der Waals surface area contributed by atoms with Crippen molar-refractivity contribution in [3.63, 3.8) is 0 Å². The van der Waals surface area contributed by atoms with Gasteiger partial charge in [-0.1, -0.05) is 17.9 Å². The zero-order chi connectivity index (χ0) is 20.1. The van der Waals surface area contributed by atoms with E-state index in [1.165, 1.54) is 0 Å². The first kappa shape index (κ1) is 21.8. The van der Waals surface area contributed by atoms with Crippen LogP contribution in [0.4, 0.5) is 0 Å². The van der Waals surface area contributed by atoms with Gasteiger partial charge in [0.15, 0.2) is 0 Å². The molecule has 1 rings (SSSR count). The zero-order valence-corrected chi connectivity index (χ0v) is 19.0. The Bertz CT molecular complexity index is 758. The van der Waals surface area contributed by atoms with Gasteiger partial charge in [-0.3, -0.25) is 9.59 Å². The van der Waals surface area contributed by atoms with Crippen molar-refractivity contribution < 1.29 is 9.59 Å². The molecule has 1 aromatic carbocycles. The molecular formula is C20H28N2O2Si2. The molecule has 0 aliphatic carbocycles. The van der Waals surface area contributed by atoms with Gasteiger partial charge >= 0.3 is 0 Å². The average molecular weight is 385 g/mol. The summed E-state index contributed by atoms with van der Waals surface area (Å²) in [5.74, 6) is 6.47. The maximum atomic E-state index is 11.6. The molecule has 0 radical (unpaired) electrons. The Morgan fingerprint density at radius 1 is 0.808 bits per heavy atom. The summed E-state index contributed by atoms with van der Waals surface area (Å²) in [5.41, 5.74) is 8.35. The molecule has 0 aromatic heterocycles. The molecule has 0 atom stereocenters. The second-order valence-electron chi connectivity index (χ2n) is 7.35. The SMILES string of the molecule is CC(=O)N(C)[Si](C)(C)C#Cc1cccc(C#C[Si](C)(C)N(C)C(C)=O)c1. The van der Waals surface area contributed by atoms with Gasteiger partial charge in [-0.05, 0) is 44.4 Å². The fourth-order valence-electron chi connectivity index (χ4n) is 2.08. The largest absolute Gasteiger partial charge is 0.361 e. The minimum absolute atomic E-state index is 0.0392. The first-order valence-corrected chi connectivity index (χ1v) is 14.4. The molecule has 0 aliphatic rings. The van der Waals surface area contributed by atoms with Crippen LogP contribution in [-0.4, -0.2) is 51.5 Å². The highest BCUT2D eigenvalue weighted by Crippen LogP contribution is 2.10. The summed E-state index contributed by atoms with van der Waals surface area (Å²) in [4.78, 5) is 23.2. The van der Waals surface area contributed by atoms with Crippen LogP contribution in [0, 0.1) is 22.9 Å². The van der Waals surface area contributed by atoms with E-state index in [0.717, 1.165) is 11.1 Å². The zero-order valence-electron chi connectivity index (χ0n) is 17.0. The summed E-state index contributed by atoms with van der Waals surface area (Å²) in [6.07, 6.45) is 0. The Balaban J connectivity index is 3.09. The third-order valence-corrected chi connectivity index (χ3v) is 9.97. The van der Waals surface area contributed by atoms with Crippen molar-refractivity contribution in [3.8, 4) is 22.9 Å². The van der Waals surface area contributed by atoms with E-state index in [2.05, 4.69) is 49.1 Å². The number of carbonyl (C=O) groups is 2.